The molecule has 7 heterocycles. The predicted molar refractivity (Wildman–Crippen MR) is 202 cm³/mol. The number of alkyl halides is 2. The number of piperidine rings is 1. The maximum atomic E-state index is 14.7. The van der Waals surface area contributed by atoms with Gasteiger partial charge in [0.1, 0.15) is 0 Å². The van der Waals surface area contributed by atoms with Crippen molar-refractivity contribution in [3.63, 3.8) is 0 Å². The van der Waals surface area contributed by atoms with E-state index in [1.165, 1.54) is 30.9 Å². The second-order valence-corrected chi connectivity index (χ2v) is 16.4. The summed E-state index contributed by atoms with van der Waals surface area (Å²) < 4.78 is 33.3. The van der Waals surface area contributed by atoms with Gasteiger partial charge in [0, 0.05) is 106 Å². The third-order valence-corrected chi connectivity index (χ3v) is 13.0. The second kappa shape index (κ2) is 14.0. The minimum absolute atomic E-state index is 0.00578. The van der Waals surface area contributed by atoms with E-state index in [0.717, 1.165) is 93.8 Å². The predicted octanol–water partition coefficient (Wildman–Crippen LogP) is 5.78. The molecule has 55 heavy (non-hydrogen) atoms. The Morgan fingerprint density at radius 3 is 2.44 bits per heavy atom. The summed E-state index contributed by atoms with van der Waals surface area (Å²) in [5.74, 6) is 0.392. The van der Waals surface area contributed by atoms with E-state index >= 15 is 0 Å². The zero-order valence-corrected chi connectivity index (χ0v) is 31.5. The number of amides is 1. The van der Waals surface area contributed by atoms with Gasteiger partial charge >= 0.3 is 5.97 Å². The molecule has 1 amide bonds. The van der Waals surface area contributed by atoms with Crippen LogP contribution in [0.4, 0.5) is 26.2 Å². The standard InChI is InChI=1S/C40H48F2N10O3/c1-25(53)48-14-8-34-33(23-48)37(51-13-3-5-26-15-31(28-19-45-47(2)20-28)32(36(41)42)16-35(26)51)46-52(34)29-6-10-40(11-7-29)9-4-12-49(24-40)30-21-50(22-30)39-43-17-27(18-44-39)38(54)55/h15-20,29-30,36H,3-14,21-24H2,1-2H3,(H,54,55). The van der Waals surface area contributed by atoms with Crippen molar-refractivity contribution in [3.05, 3.63) is 64.9 Å². The molecule has 5 aliphatic rings. The van der Waals surface area contributed by atoms with Crippen LogP contribution in [0, 0.1) is 5.41 Å². The topological polar surface area (TPSA) is 129 Å². The number of aromatic carboxylic acids is 1. The van der Waals surface area contributed by atoms with Crippen molar-refractivity contribution in [2.75, 3.05) is 49.1 Å². The molecule has 9 rings (SSSR count). The van der Waals surface area contributed by atoms with E-state index in [1.807, 2.05) is 11.0 Å². The maximum Gasteiger partial charge on any atom is 0.338 e. The first-order valence-electron chi connectivity index (χ1n) is 19.7. The summed E-state index contributed by atoms with van der Waals surface area (Å²) in [6.45, 7) is 7.24. The molecule has 1 aliphatic carbocycles. The van der Waals surface area contributed by atoms with Crippen LogP contribution in [0.5, 0.6) is 0 Å². The molecule has 1 spiro atoms. The average molecular weight is 755 g/mol. The van der Waals surface area contributed by atoms with Gasteiger partial charge in [0.25, 0.3) is 6.43 Å². The third kappa shape index (κ3) is 6.53. The van der Waals surface area contributed by atoms with E-state index in [2.05, 4.69) is 34.4 Å². The van der Waals surface area contributed by atoms with Crippen LogP contribution in [-0.4, -0.2) is 102 Å². The molecule has 2 saturated heterocycles. The molecule has 3 fully saturated rings. The molecule has 1 aromatic carbocycles. The fraction of sp³-hybridized carbons (Fsp3) is 0.550. The SMILES string of the molecule is CC(=O)N1CCc2c(c(N3CCCc4cc(-c5cnn(C)c5)c(C(F)F)cc43)nn2C2CCC3(CCCN(C4CN(c5ncc(C(=O)O)cn5)C4)C3)CC2)C1. The number of hydrogen-bond acceptors (Lipinski definition) is 9. The quantitative estimate of drug-likeness (QED) is 0.248. The van der Waals surface area contributed by atoms with Crippen LogP contribution < -0.4 is 9.80 Å². The van der Waals surface area contributed by atoms with Gasteiger partial charge in [-0.2, -0.15) is 10.2 Å². The molecule has 15 heteroatoms. The Labute approximate surface area is 318 Å². The van der Waals surface area contributed by atoms with Crippen LogP contribution in [0.1, 0.15) is 97.1 Å². The summed E-state index contributed by atoms with van der Waals surface area (Å²) in [5.41, 5.74) is 5.59. The van der Waals surface area contributed by atoms with Crippen molar-refractivity contribution in [1.82, 2.24) is 39.3 Å². The van der Waals surface area contributed by atoms with Gasteiger partial charge in [0.15, 0.2) is 5.82 Å². The number of carboxylic acids is 1. The number of aromatic nitrogens is 6. The lowest BCUT2D eigenvalue weighted by atomic mass is 9.67. The molecule has 1 N–H and O–H groups in total. The molecule has 3 aromatic heterocycles. The van der Waals surface area contributed by atoms with Crippen LogP contribution in [0.3, 0.4) is 0 Å². The zero-order chi connectivity index (χ0) is 38.0. The van der Waals surface area contributed by atoms with E-state index in [1.54, 1.807) is 37.1 Å². The maximum absolute atomic E-state index is 14.7. The lowest BCUT2D eigenvalue weighted by Gasteiger charge is -2.53. The van der Waals surface area contributed by atoms with Crippen molar-refractivity contribution < 1.29 is 23.5 Å². The highest BCUT2D eigenvalue weighted by atomic mass is 19.3. The molecule has 4 aliphatic heterocycles. The van der Waals surface area contributed by atoms with Gasteiger partial charge in [0.05, 0.1) is 24.3 Å². The Hall–Kier alpha value is -4.92. The van der Waals surface area contributed by atoms with Crippen LogP contribution >= 0.6 is 0 Å². The molecule has 0 radical (unpaired) electrons. The van der Waals surface area contributed by atoms with Gasteiger partial charge in [-0.15, -0.1) is 0 Å². The normalized spacial score (nSPS) is 23.2. The first-order valence-corrected chi connectivity index (χ1v) is 19.7. The zero-order valence-electron chi connectivity index (χ0n) is 31.5. The molecule has 0 atom stereocenters. The molecule has 0 bridgehead atoms. The Morgan fingerprint density at radius 1 is 0.964 bits per heavy atom. The minimum Gasteiger partial charge on any atom is -0.478 e. The van der Waals surface area contributed by atoms with Gasteiger partial charge in [-0.1, -0.05) is 0 Å². The number of anilines is 3. The number of carbonyl (C=O) groups excluding carboxylic acids is 1. The van der Waals surface area contributed by atoms with E-state index in [-0.39, 0.29) is 28.5 Å². The monoisotopic (exact) mass is 754 g/mol. The Morgan fingerprint density at radius 2 is 1.75 bits per heavy atom. The summed E-state index contributed by atoms with van der Waals surface area (Å²) >= 11 is 0. The molecular weight excluding hydrogens is 707 g/mol. The summed E-state index contributed by atoms with van der Waals surface area (Å²) in [5, 5.41) is 18.8. The third-order valence-electron chi connectivity index (χ3n) is 13.0. The number of carboxylic acid groups (broad SMARTS) is 1. The van der Waals surface area contributed by atoms with E-state index in [4.69, 9.17) is 5.10 Å². The first-order chi connectivity index (χ1) is 26.6. The Kier molecular flexibility index (Phi) is 9.09. The van der Waals surface area contributed by atoms with Crippen molar-refractivity contribution in [3.8, 4) is 11.1 Å². The van der Waals surface area contributed by atoms with Crippen LogP contribution in [-0.2, 0) is 31.2 Å². The van der Waals surface area contributed by atoms with Crippen molar-refractivity contribution in [2.45, 2.75) is 89.8 Å². The highest BCUT2D eigenvalue weighted by Gasteiger charge is 2.44. The van der Waals surface area contributed by atoms with E-state index in [0.29, 0.717) is 42.8 Å². The van der Waals surface area contributed by atoms with Crippen molar-refractivity contribution in [1.29, 1.82) is 0 Å². The van der Waals surface area contributed by atoms with Gasteiger partial charge < -0.3 is 19.8 Å². The minimum atomic E-state index is -2.65. The highest BCUT2D eigenvalue weighted by Crippen LogP contribution is 2.49. The second-order valence-electron chi connectivity index (χ2n) is 16.4. The van der Waals surface area contributed by atoms with E-state index in [9.17, 15) is 23.5 Å². The van der Waals surface area contributed by atoms with Gasteiger partial charge in [-0.3, -0.25) is 19.1 Å². The summed E-state index contributed by atoms with van der Waals surface area (Å²) in [6, 6.07) is 4.26. The van der Waals surface area contributed by atoms with Crippen LogP contribution in [0.25, 0.3) is 11.1 Å². The number of rotatable bonds is 7. The van der Waals surface area contributed by atoms with Gasteiger partial charge in [0.2, 0.25) is 11.9 Å². The number of aryl methyl sites for hydroxylation is 2. The highest BCUT2D eigenvalue weighted by molar-refractivity contribution is 5.86. The fourth-order valence-corrected chi connectivity index (χ4v) is 9.95. The number of nitrogens with zero attached hydrogens (tertiary/aromatic N) is 10. The van der Waals surface area contributed by atoms with Crippen molar-refractivity contribution in [2.24, 2.45) is 12.5 Å². The Bertz CT molecular complexity index is 2100. The molecule has 290 valence electrons. The molecule has 0 unspecified atom stereocenters. The molecular formula is C40H48F2N10O3. The molecule has 4 aromatic rings. The lowest BCUT2D eigenvalue weighted by Crippen LogP contribution is -2.63. The number of halogens is 2. The van der Waals surface area contributed by atoms with Gasteiger partial charge in [-0.05, 0) is 86.6 Å². The fourth-order valence-electron chi connectivity index (χ4n) is 9.95. The summed E-state index contributed by atoms with van der Waals surface area (Å²) in [6.07, 6.45) is 12.6. The molecule has 1 saturated carbocycles. The number of fused-ring (bicyclic) bond motifs is 2. The summed E-state index contributed by atoms with van der Waals surface area (Å²) in [4.78, 5) is 41.2. The van der Waals surface area contributed by atoms with E-state index < -0.39 is 12.4 Å². The number of benzene rings is 1. The first kappa shape index (κ1) is 35.8. The van der Waals surface area contributed by atoms with Crippen LogP contribution in [0.2, 0.25) is 0 Å². The number of carbonyl (C=O) groups is 2. The average Bonchev–Trinajstić information content (AvgIpc) is 3.77. The van der Waals surface area contributed by atoms with Crippen LogP contribution in [0.15, 0.2) is 36.9 Å². The number of likely N-dealkylation sites (tertiary alicyclic amines) is 1. The molecule has 13 nitrogen and oxygen atoms in total. The largest absolute Gasteiger partial charge is 0.478 e. The van der Waals surface area contributed by atoms with Crippen molar-refractivity contribution >= 4 is 29.3 Å². The smallest absolute Gasteiger partial charge is 0.338 e. The summed E-state index contributed by atoms with van der Waals surface area (Å²) in [7, 11) is 1.79. The van der Waals surface area contributed by atoms with Gasteiger partial charge in [-0.25, -0.2) is 23.5 Å². The lowest BCUT2D eigenvalue weighted by molar-refractivity contribution is -0.129. The Balaban J connectivity index is 0.946. The number of hydrogen-bond donors (Lipinski definition) is 1.